The Balaban J connectivity index is 1.57. The van der Waals surface area contributed by atoms with Gasteiger partial charge in [0.25, 0.3) is 0 Å². The van der Waals surface area contributed by atoms with Crippen molar-refractivity contribution in [3.05, 3.63) is 23.2 Å². The van der Waals surface area contributed by atoms with Crippen molar-refractivity contribution in [2.24, 2.45) is 0 Å². The van der Waals surface area contributed by atoms with Crippen LogP contribution in [-0.2, 0) is 17.8 Å². The summed E-state index contributed by atoms with van der Waals surface area (Å²) >= 11 is 0. The number of nitrogens with zero attached hydrogens (tertiary/aromatic N) is 1. The molecule has 0 atom stereocenters. The predicted octanol–water partition coefficient (Wildman–Crippen LogP) is 2.45. The standard InChI is InChI=1S/C16H26N2O2/c1-12-13(9-17-14-4-5-14)8-15(20-12)10-18-6-7-19-16(2,3)11-18/h8,14,17H,4-7,9-11H2,1-3H3. The Bertz CT molecular complexity index is 463. The third-order valence-electron chi connectivity index (χ3n) is 4.11. The van der Waals surface area contributed by atoms with E-state index in [1.54, 1.807) is 0 Å². The molecule has 1 aromatic heterocycles. The fraction of sp³-hybridized carbons (Fsp3) is 0.750. The van der Waals surface area contributed by atoms with Crippen LogP contribution in [0.3, 0.4) is 0 Å². The van der Waals surface area contributed by atoms with E-state index in [2.05, 4.69) is 37.1 Å². The van der Waals surface area contributed by atoms with Crippen molar-refractivity contribution in [1.29, 1.82) is 0 Å². The van der Waals surface area contributed by atoms with Gasteiger partial charge >= 0.3 is 0 Å². The molecule has 3 rings (SSSR count). The van der Waals surface area contributed by atoms with E-state index < -0.39 is 0 Å². The molecule has 4 heteroatoms. The maximum Gasteiger partial charge on any atom is 0.118 e. The summed E-state index contributed by atoms with van der Waals surface area (Å²) in [6, 6.07) is 2.96. The highest BCUT2D eigenvalue weighted by molar-refractivity contribution is 5.21. The van der Waals surface area contributed by atoms with E-state index in [9.17, 15) is 0 Å². The summed E-state index contributed by atoms with van der Waals surface area (Å²) < 4.78 is 11.7. The molecule has 0 aromatic carbocycles. The first-order chi connectivity index (χ1) is 9.52. The second-order valence-corrected chi connectivity index (χ2v) is 6.77. The molecule has 0 radical (unpaired) electrons. The largest absolute Gasteiger partial charge is 0.465 e. The first-order valence-corrected chi connectivity index (χ1v) is 7.70. The molecular formula is C16H26N2O2. The summed E-state index contributed by atoms with van der Waals surface area (Å²) in [5, 5.41) is 3.55. The highest BCUT2D eigenvalue weighted by Gasteiger charge is 2.28. The van der Waals surface area contributed by atoms with Crippen LogP contribution >= 0.6 is 0 Å². The molecule has 4 nitrogen and oxygen atoms in total. The normalized spacial score (nSPS) is 23.1. The summed E-state index contributed by atoms with van der Waals surface area (Å²) in [4.78, 5) is 2.42. The van der Waals surface area contributed by atoms with Gasteiger partial charge in [-0.1, -0.05) is 0 Å². The molecule has 20 heavy (non-hydrogen) atoms. The molecule has 112 valence electrons. The summed E-state index contributed by atoms with van der Waals surface area (Å²) in [7, 11) is 0. The molecule has 1 aliphatic heterocycles. The topological polar surface area (TPSA) is 37.6 Å². The number of ether oxygens (including phenoxy) is 1. The van der Waals surface area contributed by atoms with E-state index in [0.29, 0.717) is 0 Å². The molecule has 2 fully saturated rings. The molecule has 1 aromatic rings. The molecule has 1 aliphatic carbocycles. The van der Waals surface area contributed by atoms with Crippen LogP contribution < -0.4 is 5.32 Å². The zero-order valence-corrected chi connectivity index (χ0v) is 12.9. The van der Waals surface area contributed by atoms with Gasteiger partial charge < -0.3 is 14.5 Å². The highest BCUT2D eigenvalue weighted by Crippen LogP contribution is 2.23. The Hall–Kier alpha value is -0.840. The SMILES string of the molecule is Cc1oc(CN2CCOC(C)(C)C2)cc1CNC1CC1. The summed E-state index contributed by atoms with van der Waals surface area (Å²) in [5.41, 5.74) is 1.26. The van der Waals surface area contributed by atoms with Crippen LogP contribution in [0.25, 0.3) is 0 Å². The van der Waals surface area contributed by atoms with Gasteiger partial charge in [0.1, 0.15) is 11.5 Å². The van der Waals surface area contributed by atoms with Gasteiger partial charge in [0.2, 0.25) is 0 Å². The first-order valence-electron chi connectivity index (χ1n) is 7.70. The maximum atomic E-state index is 5.92. The lowest BCUT2D eigenvalue weighted by Crippen LogP contribution is -2.47. The second-order valence-electron chi connectivity index (χ2n) is 6.77. The zero-order chi connectivity index (χ0) is 14.2. The first kappa shape index (κ1) is 14.1. The number of furan rings is 1. The molecular weight excluding hydrogens is 252 g/mol. The Labute approximate surface area is 121 Å². The van der Waals surface area contributed by atoms with Crippen LogP contribution in [0.1, 0.15) is 43.8 Å². The average molecular weight is 278 g/mol. The lowest BCUT2D eigenvalue weighted by atomic mass is 10.1. The molecule has 1 saturated carbocycles. The lowest BCUT2D eigenvalue weighted by molar-refractivity contribution is -0.0894. The number of morpholine rings is 1. The quantitative estimate of drug-likeness (QED) is 0.898. The third-order valence-corrected chi connectivity index (χ3v) is 4.11. The second kappa shape index (κ2) is 5.51. The Kier molecular flexibility index (Phi) is 3.89. The fourth-order valence-electron chi connectivity index (χ4n) is 2.85. The van der Waals surface area contributed by atoms with Crippen LogP contribution in [0.4, 0.5) is 0 Å². The number of rotatable bonds is 5. The van der Waals surface area contributed by atoms with Gasteiger partial charge in [0.05, 0.1) is 18.8 Å². The van der Waals surface area contributed by atoms with Crippen LogP contribution in [-0.4, -0.2) is 36.2 Å². The zero-order valence-electron chi connectivity index (χ0n) is 12.9. The number of aryl methyl sites for hydroxylation is 1. The van der Waals surface area contributed by atoms with Gasteiger partial charge in [0.15, 0.2) is 0 Å². The third kappa shape index (κ3) is 3.62. The minimum Gasteiger partial charge on any atom is -0.465 e. The highest BCUT2D eigenvalue weighted by atomic mass is 16.5. The lowest BCUT2D eigenvalue weighted by Gasteiger charge is -2.37. The summed E-state index contributed by atoms with van der Waals surface area (Å²) in [5.74, 6) is 2.13. The molecule has 0 spiro atoms. The number of hydrogen-bond donors (Lipinski definition) is 1. The van der Waals surface area contributed by atoms with Gasteiger partial charge in [0, 0.05) is 31.2 Å². The summed E-state index contributed by atoms with van der Waals surface area (Å²) in [6.45, 7) is 10.9. The van der Waals surface area contributed by atoms with Crippen molar-refractivity contribution in [3.8, 4) is 0 Å². The Morgan fingerprint density at radius 2 is 2.20 bits per heavy atom. The van der Waals surface area contributed by atoms with Gasteiger partial charge in [-0.3, -0.25) is 4.90 Å². The summed E-state index contributed by atoms with van der Waals surface area (Å²) in [6.07, 6.45) is 2.65. The van der Waals surface area contributed by atoms with Gasteiger partial charge in [-0.2, -0.15) is 0 Å². The van der Waals surface area contributed by atoms with Crippen molar-refractivity contribution >= 4 is 0 Å². The Morgan fingerprint density at radius 1 is 1.40 bits per heavy atom. The van der Waals surface area contributed by atoms with Crippen molar-refractivity contribution in [1.82, 2.24) is 10.2 Å². The van der Waals surface area contributed by atoms with Gasteiger partial charge in [-0.05, 0) is 39.7 Å². The van der Waals surface area contributed by atoms with Crippen molar-refractivity contribution < 1.29 is 9.15 Å². The van der Waals surface area contributed by atoms with Gasteiger partial charge in [-0.25, -0.2) is 0 Å². The van der Waals surface area contributed by atoms with E-state index in [0.717, 1.165) is 50.3 Å². The van der Waals surface area contributed by atoms with Crippen LogP contribution in [0.5, 0.6) is 0 Å². The van der Waals surface area contributed by atoms with E-state index in [-0.39, 0.29) is 5.60 Å². The maximum absolute atomic E-state index is 5.92. The average Bonchev–Trinajstić information content (AvgIpc) is 3.11. The van der Waals surface area contributed by atoms with E-state index >= 15 is 0 Å². The smallest absolute Gasteiger partial charge is 0.118 e. The van der Waals surface area contributed by atoms with E-state index in [1.807, 2.05) is 0 Å². The number of nitrogens with one attached hydrogen (secondary N) is 1. The molecule has 0 unspecified atom stereocenters. The Morgan fingerprint density at radius 3 is 2.90 bits per heavy atom. The minimum absolute atomic E-state index is 0.0454. The van der Waals surface area contributed by atoms with Crippen LogP contribution in [0.2, 0.25) is 0 Å². The van der Waals surface area contributed by atoms with Crippen LogP contribution in [0, 0.1) is 6.92 Å². The van der Waals surface area contributed by atoms with E-state index in [4.69, 9.17) is 9.15 Å². The molecule has 0 bridgehead atoms. The van der Waals surface area contributed by atoms with Gasteiger partial charge in [-0.15, -0.1) is 0 Å². The fourth-order valence-corrected chi connectivity index (χ4v) is 2.85. The molecule has 0 amide bonds. The van der Waals surface area contributed by atoms with E-state index in [1.165, 1.54) is 18.4 Å². The van der Waals surface area contributed by atoms with Crippen molar-refractivity contribution in [2.75, 3.05) is 19.7 Å². The predicted molar refractivity (Wildman–Crippen MR) is 78.6 cm³/mol. The molecule has 2 heterocycles. The number of hydrogen-bond acceptors (Lipinski definition) is 4. The minimum atomic E-state index is -0.0454. The molecule has 2 aliphatic rings. The molecule has 1 N–H and O–H groups in total. The van der Waals surface area contributed by atoms with Crippen LogP contribution in [0.15, 0.2) is 10.5 Å². The van der Waals surface area contributed by atoms with Crippen molar-refractivity contribution in [2.45, 2.75) is 58.3 Å². The molecule has 1 saturated heterocycles. The van der Waals surface area contributed by atoms with Crippen molar-refractivity contribution in [3.63, 3.8) is 0 Å². The monoisotopic (exact) mass is 278 g/mol.